The number of nitrogens with one attached hydrogen (secondary N) is 2. The van der Waals surface area contributed by atoms with Gasteiger partial charge in [-0.3, -0.25) is 9.78 Å². The lowest BCUT2D eigenvalue weighted by Crippen LogP contribution is -2.33. The molecule has 0 bridgehead atoms. The van der Waals surface area contributed by atoms with Crippen LogP contribution >= 0.6 is 23.8 Å². The average Bonchev–Trinajstić information content (AvgIpc) is 3.50. The number of hydrogen-bond acceptors (Lipinski definition) is 3. The molecule has 6 nitrogen and oxygen atoms in total. The van der Waals surface area contributed by atoms with E-state index in [1.54, 1.807) is 18.3 Å². The van der Waals surface area contributed by atoms with Crippen molar-refractivity contribution in [3.05, 3.63) is 113 Å². The van der Waals surface area contributed by atoms with Crippen LogP contribution in [0.4, 0.5) is 10.1 Å². The van der Waals surface area contributed by atoms with Gasteiger partial charge in [-0.15, -0.1) is 0 Å². The van der Waals surface area contributed by atoms with Crippen molar-refractivity contribution in [2.45, 2.75) is 25.4 Å². The average molecular weight is 534 g/mol. The van der Waals surface area contributed by atoms with Crippen molar-refractivity contribution in [2.24, 2.45) is 0 Å². The lowest BCUT2D eigenvalue weighted by Gasteiger charge is -2.29. The van der Waals surface area contributed by atoms with Gasteiger partial charge in [0.15, 0.2) is 5.11 Å². The zero-order valence-corrected chi connectivity index (χ0v) is 21.6. The summed E-state index contributed by atoms with van der Waals surface area (Å²) in [6, 6.07) is 21.4. The van der Waals surface area contributed by atoms with Gasteiger partial charge in [0.05, 0.1) is 22.8 Å². The Kier molecular flexibility index (Phi) is 7.21. The molecule has 2 aromatic carbocycles. The number of aromatic nitrogens is 2. The molecule has 1 aliphatic rings. The fourth-order valence-electron chi connectivity index (χ4n) is 4.62. The highest BCUT2D eigenvalue weighted by Gasteiger charge is 2.41. The Labute approximate surface area is 225 Å². The van der Waals surface area contributed by atoms with Crippen LogP contribution in [0.2, 0.25) is 5.02 Å². The van der Waals surface area contributed by atoms with Gasteiger partial charge >= 0.3 is 0 Å². The molecule has 4 aromatic rings. The van der Waals surface area contributed by atoms with Gasteiger partial charge in [-0.25, -0.2) is 4.39 Å². The molecule has 2 aromatic heterocycles. The number of carbonyl (C=O) groups excluding carboxylic acids is 1. The highest BCUT2D eigenvalue weighted by Crippen LogP contribution is 2.39. The van der Waals surface area contributed by atoms with Crippen LogP contribution in [0.3, 0.4) is 0 Å². The highest BCUT2D eigenvalue weighted by molar-refractivity contribution is 7.80. The van der Waals surface area contributed by atoms with Crippen LogP contribution in [-0.2, 0) is 4.79 Å². The van der Waals surface area contributed by atoms with E-state index >= 15 is 0 Å². The van der Waals surface area contributed by atoms with E-state index in [1.165, 1.54) is 6.07 Å². The van der Waals surface area contributed by atoms with E-state index in [0.29, 0.717) is 11.7 Å². The van der Waals surface area contributed by atoms with E-state index in [9.17, 15) is 9.18 Å². The normalized spacial score (nSPS) is 17.1. The van der Waals surface area contributed by atoms with Crippen molar-refractivity contribution in [3.8, 4) is 5.69 Å². The van der Waals surface area contributed by atoms with Crippen LogP contribution in [0.15, 0.2) is 85.2 Å². The first kappa shape index (κ1) is 24.9. The van der Waals surface area contributed by atoms with Crippen LogP contribution in [0.25, 0.3) is 5.69 Å². The topological polar surface area (TPSA) is 62.2 Å². The number of halogens is 2. The van der Waals surface area contributed by atoms with Crippen LogP contribution in [0.1, 0.15) is 35.5 Å². The standard InChI is InChI=1S/C28H25ClFN5OS/c1-18-7-2-3-8-22(18)32-25(36)13-16-35-27(26(33-28(35)37)23-9-4-5-14-31-23)24-10-6-15-34(24)19-11-12-21(30)20(29)17-19/h2-12,14-15,17,26-27H,13,16H2,1H3,(H,32,36)(H,33,37)/t26-,27-/m1/s1. The number of nitrogens with zero attached hydrogens (tertiary/aromatic N) is 3. The quantitative estimate of drug-likeness (QED) is 0.286. The van der Waals surface area contributed by atoms with Gasteiger partial charge < -0.3 is 20.1 Å². The first-order valence-electron chi connectivity index (χ1n) is 11.9. The molecule has 2 N–H and O–H groups in total. The van der Waals surface area contributed by atoms with E-state index in [0.717, 1.165) is 28.3 Å². The van der Waals surface area contributed by atoms with E-state index in [1.807, 2.05) is 77.2 Å². The molecule has 1 amide bonds. The van der Waals surface area contributed by atoms with E-state index in [4.69, 9.17) is 23.8 Å². The van der Waals surface area contributed by atoms with Crippen LogP contribution in [-0.4, -0.2) is 32.0 Å². The molecule has 5 rings (SSSR count). The van der Waals surface area contributed by atoms with Gasteiger partial charge in [-0.1, -0.05) is 35.9 Å². The largest absolute Gasteiger partial charge is 0.352 e. The van der Waals surface area contributed by atoms with Crippen molar-refractivity contribution in [1.29, 1.82) is 0 Å². The minimum Gasteiger partial charge on any atom is -0.352 e. The van der Waals surface area contributed by atoms with Crippen LogP contribution in [0.5, 0.6) is 0 Å². The lowest BCUT2D eigenvalue weighted by atomic mass is 10.0. The van der Waals surface area contributed by atoms with Gasteiger partial charge in [0.2, 0.25) is 5.91 Å². The molecule has 0 unspecified atom stereocenters. The number of pyridine rings is 1. The summed E-state index contributed by atoms with van der Waals surface area (Å²) in [7, 11) is 0. The highest BCUT2D eigenvalue weighted by atomic mass is 35.5. The van der Waals surface area contributed by atoms with E-state index in [2.05, 4.69) is 15.6 Å². The van der Waals surface area contributed by atoms with Gasteiger partial charge in [0.25, 0.3) is 0 Å². The molecule has 188 valence electrons. The molecule has 1 aliphatic heterocycles. The molecule has 0 aliphatic carbocycles. The van der Waals surface area contributed by atoms with Gasteiger partial charge in [-0.2, -0.15) is 0 Å². The maximum absolute atomic E-state index is 13.9. The Bertz CT molecular complexity index is 1440. The number of benzene rings is 2. The first-order chi connectivity index (χ1) is 17.9. The number of carbonyl (C=O) groups is 1. The first-order valence-corrected chi connectivity index (χ1v) is 12.7. The Hall–Kier alpha value is -3.75. The number of hydrogen-bond donors (Lipinski definition) is 2. The second-order valence-corrected chi connectivity index (χ2v) is 9.63. The van der Waals surface area contributed by atoms with E-state index in [-0.39, 0.29) is 29.4 Å². The number of para-hydroxylation sites is 1. The smallest absolute Gasteiger partial charge is 0.226 e. The third kappa shape index (κ3) is 5.21. The summed E-state index contributed by atoms with van der Waals surface area (Å²) in [5, 5.41) is 6.98. The van der Waals surface area contributed by atoms with Crippen LogP contribution in [0, 0.1) is 12.7 Å². The Balaban J connectivity index is 1.46. The molecule has 9 heteroatoms. The predicted octanol–water partition coefficient (Wildman–Crippen LogP) is 5.97. The summed E-state index contributed by atoms with van der Waals surface area (Å²) < 4.78 is 15.8. The summed E-state index contributed by atoms with van der Waals surface area (Å²) in [5.74, 6) is -0.576. The van der Waals surface area contributed by atoms with E-state index < -0.39 is 5.82 Å². The molecular weight excluding hydrogens is 509 g/mol. The zero-order valence-electron chi connectivity index (χ0n) is 20.1. The Morgan fingerprint density at radius 3 is 2.70 bits per heavy atom. The molecule has 3 heterocycles. The molecule has 0 radical (unpaired) electrons. The molecule has 0 spiro atoms. The van der Waals surface area contributed by atoms with Gasteiger partial charge in [0, 0.05) is 42.4 Å². The summed E-state index contributed by atoms with van der Waals surface area (Å²) in [6.45, 7) is 2.35. The number of rotatable bonds is 7. The zero-order chi connectivity index (χ0) is 25.9. The SMILES string of the molecule is Cc1ccccc1NC(=O)CCN1C(=S)N[C@H](c2ccccn2)[C@H]1c1cccn1-c1ccc(F)c(Cl)c1. The summed E-state index contributed by atoms with van der Waals surface area (Å²) in [5.41, 5.74) is 4.25. The van der Waals surface area contributed by atoms with Gasteiger partial charge in [-0.05, 0) is 73.2 Å². The van der Waals surface area contributed by atoms with Crippen molar-refractivity contribution < 1.29 is 9.18 Å². The van der Waals surface area contributed by atoms with Crippen LogP contribution < -0.4 is 10.6 Å². The maximum atomic E-state index is 13.9. The van der Waals surface area contributed by atoms with Crippen molar-refractivity contribution in [1.82, 2.24) is 19.8 Å². The molecule has 2 atom stereocenters. The minimum absolute atomic E-state index is 0.0447. The lowest BCUT2D eigenvalue weighted by molar-refractivity contribution is -0.116. The predicted molar refractivity (Wildman–Crippen MR) is 147 cm³/mol. The fraction of sp³-hybridized carbons (Fsp3) is 0.179. The minimum atomic E-state index is -0.476. The molecule has 0 saturated carbocycles. The monoisotopic (exact) mass is 533 g/mol. The number of thiocarbonyl (C=S) groups is 1. The number of aryl methyl sites for hydroxylation is 1. The van der Waals surface area contributed by atoms with Crippen molar-refractivity contribution >= 4 is 40.5 Å². The molecule has 37 heavy (non-hydrogen) atoms. The van der Waals surface area contributed by atoms with Crippen molar-refractivity contribution in [3.63, 3.8) is 0 Å². The number of anilines is 1. The van der Waals surface area contributed by atoms with Crippen molar-refractivity contribution in [2.75, 3.05) is 11.9 Å². The summed E-state index contributed by atoms with van der Waals surface area (Å²) in [6.07, 6.45) is 3.89. The second-order valence-electron chi connectivity index (χ2n) is 8.83. The molecule has 1 saturated heterocycles. The summed E-state index contributed by atoms with van der Waals surface area (Å²) in [4.78, 5) is 19.4. The molecular formula is C28H25ClFN5OS. The number of amides is 1. The third-order valence-electron chi connectivity index (χ3n) is 6.46. The molecule has 1 fully saturated rings. The second kappa shape index (κ2) is 10.7. The third-order valence-corrected chi connectivity index (χ3v) is 7.10. The van der Waals surface area contributed by atoms with Gasteiger partial charge in [0.1, 0.15) is 5.82 Å². The Morgan fingerprint density at radius 2 is 1.95 bits per heavy atom. The Morgan fingerprint density at radius 1 is 1.14 bits per heavy atom. The fourth-order valence-corrected chi connectivity index (χ4v) is 5.13. The maximum Gasteiger partial charge on any atom is 0.226 e. The summed E-state index contributed by atoms with van der Waals surface area (Å²) >= 11 is 11.8.